The predicted octanol–water partition coefficient (Wildman–Crippen LogP) is 2.16. The van der Waals surface area contributed by atoms with Crippen LogP contribution in [0.2, 0.25) is 5.15 Å². The summed E-state index contributed by atoms with van der Waals surface area (Å²) in [6, 6.07) is 5.48. The van der Waals surface area contributed by atoms with Gasteiger partial charge in [-0.15, -0.1) is 0 Å². The van der Waals surface area contributed by atoms with Crippen LogP contribution in [-0.4, -0.2) is 20.8 Å². The van der Waals surface area contributed by atoms with Crippen molar-refractivity contribution in [1.82, 2.24) is 9.97 Å². The zero-order chi connectivity index (χ0) is 15.4. The first-order valence-electron chi connectivity index (χ1n) is 5.48. The molecule has 0 aliphatic carbocycles. The summed E-state index contributed by atoms with van der Waals surface area (Å²) in [5.74, 6) is -0.696. The van der Waals surface area contributed by atoms with Crippen molar-refractivity contribution in [2.45, 2.75) is 0 Å². The quantitative estimate of drug-likeness (QED) is 0.684. The highest BCUT2D eigenvalue weighted by Gasteiger charge is 2.18. The minimum Gasteiger partial charge on any atom is -0.315 e. The van der Waals surface area contributed by atoms with Gasteiger partial charge in [0.25, 0.3) is 11.6 Å². The molecule has 1 amide bonds. The van der Waals surface area contributed by atoms with Crippen molar-refractivity contribution in [1.29, 1.82) is 5.26 Å². The Bertz CT molecular complexity index is 772. The number of amides is 1. The average molecular weight is 304 g/mol. The molecule has 0 radical (unpaired) electrons. The van der Waals surface area contributed by atoms with Gasteiger partial charge in [0.05, 0.1) is 28.9 Å². The summed E-state index contributed by atoms with van der Waals surface area (Å²) in [6.07, 6.45) is 2.43. The van der Waals surface area contributed by atoms with E-state index in [2.05, 4.69) is 15.3 Å². The second-order valence-electron chi connectivity index (χ2n) is 3.78. The van der Waals surface area contributed by atoms with Crippen LogP contribution in [0, 0.1) is 21.4 Å². The van der Waals surface area contributed by atoms with Crippen LogP contribution in [0.3, 0.4) is 0 Å². The third-order valence-electron chi connectivity index (χ3n) is 2.41. The topological polar surface area (TPSA) is 122 Å². The van der Waals surface area contributed by atoms with E-state index < -0.39 is 16.5 Å². The molecule has 8 nitrogen and oxygen atoms in total. The third kappa shape index (κ3) is 3.29. The van der Waals surface area contributed by atoms with Crippen LogP contribution in [0.15, 0.2) is 30.6 Å². The molecular weight excluding hydrogens is 298 g/mol. The molecule has 104 valence electrons. The van der Waals surface area contributed by atoms with Gasteiger partial charge in [-0.2, -0.15) is 5.26 Å². The van der Waals surface area contributed by atoms with Gasteiger partial charge in [0.15, 0.2) is 0 Å². The number of carbonyl (C=O) groups excluding carboxylic acids is 1. The van der Waals surface area contributed by atoms with Gasteiger partial charge in [0.2, 0.25) is 0 Å². The molecule has 0 aliphatic heterocycles. The number of anilines is 1. The lowest BCUT2D eigenvalue weighted by Crippen LogP contribution is -2.15. The Morgan fingerprint density at radius 2 is 2.19 bits per heavy atom. The number of halogens is 1. The molecule has 0 saturated carbocycles. The highest BCUT2D eigenvalue weighted by Crippen LogP contribution is 2.25. The van der Waals surface area contributed by atoms with E-state index in [1.54, 1.807) is 6.07 Å². The largest absolute Gasteiger partial charge is 0.315 e. The number of nitro groups is 1. The van der Waals surface area contributed by atoms with Gasteiger partial charge in [-0.05, 0) is 12.1 Å². The average Bonchev–Trinajstić information content (AvgIpc) is 2.47. The van der Waals surface area contributed by atoms with Crippen LogP contribution in [0.5, 0.6) is 0 Å². The van der Waals surface area contributed by atoms with E-state index in [4.69, 9.17) is 16.9 Å². The fraction of sp³-hybridized carbons (Fsp3) is 0. The molecule has 0 spiro atoms. The molecule has 2 aromatic rings. The Balaban J connectivity index is 2.33. The second kappa shape index (κ2) is 5.94. The van der Waals surface area contributed by atoms with Crippen molar-refractivity contribution in [3.8, 4) is 6.07 Å². The van der Waals surface area contributed by atoms with Crippen molar-refractivity contribution in [2.75, 3.05) is 5.32 Å². The zero-order valence-corrected chi connectivity index (χ0v) is 11.0. The molecule has 1 aromatic heterocycles. The Morgan fingerprint density at radius 3 is 2.81 bits per heavy atom. The number of nitrogens with zero attached hydrogens (tertiary/aromatic N) is 4. The highest BCUT2D eigenvalue weighted by molar-refractivity contribution is 6.29. The SMILES string of the molecule is N#Cc1ccc(NC(=O)c2cncc(Cl)n2)c([N+](=O)[O-])c1. The molecule has 0 saturated heterocycles. The van der Waals surface area contributed by atoms with Crippen LogP contribution in [0.4, 0.5) is 11.4 Å². The van der Waals surface area contributed by atoms with E-state index in [1.165, 1.54) is 24.5 Å². The zero-order valence-electron chi connectivity index (χ0n) is 10.3. The van der Waals surface area contributed by atoms with E-state index in [1.807, 2.05) is 0 Å². The van der Waals surface area contributed by atoms with Crippen LogP contribution < -0.4 is 5.32 Å². The molecule has 0 fully saturated rings. The summed E-state index contributed by atoms with van der Waals surface area (Å²) < 4.78 is 0. The first-order valence-corrected chi connectivity index (χ1v) is 5.86. The maximum atomic E-state index is 11.9. The van der Waals surface area contributed by atoms with E-state index in [-0.39, 0.29) is 22.1 Å². The summed E-state index contributed by atoms with van der Waals surface area (Å²) in [7, 11) is 0. The normalized spacial score (nSPS) is 9.71. The first-order chi connectivity index (χ1) is 10.0. The minimum atomic E-state index is -0.696. The van der Waals surface area contributed by atoms with Gasteiger partial charge in [-0.3, -0.25) is 19.9 Å². The summed E-state index contributed by atoms with van der Waals surface area (Å²) in [5, 5.41) is 22.1. The number of nitriles is 1. The van der Waals surface area contributed by atoms with E-state index in [9.17, 15) is 14.9 Å². The molecule has 1 N–H and O–H groups in total. The highest BCUT2D eigenvalue weighted by atomic mass is 35.5. The van der Waals surface area contributed by atoms with Gasteiger partial charge in [0.1, 0.15) is 16.5 Å². The summed E-state index contributed by atoms with van der Waals surface area (Å²) in [6.45, 7) is 0. The van der Waals surface area contributed by atoms with E-state index in [0.29, 0.717) is 0 Å². The van der Waals surface area contributed by atoms with Gasteiger partial charge in [0, 0.05) is 6.07 Å². The molecule has 0 atom stereocenters. The van der Waals surface area contributed by atoms with E-state index in [0.717, 1.165) is 6.07 Å². The summed E-state index contributed by atoms with van der Waals surface area (Å²) in [4.78, 5) is 29.6. The Labute approximate surface area is 123 Å². The molecular formula is C12H6ClN5O3. The number of rotatable bonds is 3. The molecule has 0 unspecified atom stereocenters. The monoisotopic (exact) mass is 303 g/mol. The first kappa shape index (κ1) is 14.4. The van der Waals surface area contributed by atoms with Crippen LogP contribution in [-0.2, 0) is 0 Å². The molecule has 2 rings (SSSR count). The number of nitrogens with one attached hydrogen (secondary N) is 1. The molecule has 1 aromatic carbocycles. The molecule has 0 bridgehead atoms. The summed E-state index contributed by atoms with van der Waals surface area (Å²) >= 11 is 5.62. The second-order valence-corrected chi connectivity index (χ2v) is 4.17. The predicted molar refractivity (Wildman–Crippen MR) is 72.8 cm³/mol. The Morgan fingerprint density at radius 1 is 1.43 bits per heavy atom. The lowest BCUT2D eigenvalue weighted by atomic mass is 10.2. The number of benzene rings is 1. The number of carbonyl (C=O) groups is 1. The van der Waals surface area contributed by atoms with Crippen molar-refractivity contribution in [3.05, 3.63) is 57.1 Å². The maximum Gasteiger partial charge on any atom is 0.294 e. The Kier molecular flexibility index (Phi) is 4.06. The van der Waals surface area contributed by atoms with Gasteiger partial charge in [-0.25, -0.2) is 4.98 Å². The van der Waals surface area contributed by atoms with Gasteiger partial charge >= 0.3 is 0 Å². The Hall–Kier alpha value is -3.05. The minimum absolute atomic E-state index is 0.0250. The van der Waals surface area contributed by atoms with Gasteiger partial charge < -0.3 is 5.32 Å². The maximum absolute atomic E-state index is 11.9. The lowest BCUT2D eigenvalue weighted by molar-refractivity contribution is -0.383. The van der Waals surface area contributed by atoms with Crippen LogP contribution in [0.1, 0.15) is 16.1 Å². The molecule has 21 heavy (non-hydrogen) atoms. The standard InChI is InChI=1S/C12H6ClN5O3/c13-11-6-15-5-9(16-11)12(19)17-8-2-1-7(4-14)3-10(8)18(20)21/h1-3,5-6H,(H,17,19). The lowest BCUT2D eigenvalue weighted by Gasteiger charge is -2.05. The fourth-order valence-electron chi connectivity index (χ4n) is 1.50. The van der Waals surface area contributed by atoms with Crippen LogP contribution in [0.25, 0.3) is 0 Å². The van der Waals surface area contributed by atoms with Crippen LogP contribution >= 0.6 is 11.6 Å². The fourth-order valence-corrected chi connectivity index (χ4v) is 1.64. The number of hydrogen-bond acceptors (Lipinski definition) is 6. The van der Waals surface area contributed by atoms with Crippen molar-refractivity contribution >= 4 is 28.9 Å². The van der Waals surface area contributed by atoms with E-state index >= 15 is 0 Å². The number of aromatic nitrogens is 2. The van der Waals surface area contributed by atoms with Crippen molar-refractivity contribution < 1.29 is 9.72 Å². The number of nitro benzene ring substituents is 1. The smallest absolute Gasteiger partial charge is 0.294 e. The van der Waals surface area contributed by atoms with Crippen molar-refractivity contribution in [2.24, 2.45) is 0 Å². The van der Waals surface area contributed by atoms with Gasteiger partial charge in [-0.1, -0.05) is 11.6 Å². The number of hydrogen-bond donors (Lipinski definition) is 1. The molecule has 0 aliphatic rings. The summed E-state index contributed by atoms with van der Waals surface area (Å²) in [5.41, 5.74) is -0.411. The third-order valence-corrected chi connectivity index (χ3v) is 2.59. The van der Waals surface area contributed by atoms with Crippen molar-refractivity contribution in [3.63, 3.8) is 0 Å². The molecule has 9 heteroatoms. The molecule has 1 heterocycles.